The van der Waals surface area contributed by atoms with Gasteiger partial charge in [0.05, 0.1) is 0 Å². The molecule has 6 nitrogen and oxygen atoms in total. The summed E-state index contributed by atoms with van der Waals surface area (Å²) in [5.74, 6) is -1.02. The summed E-state index contributed by atoms with van der Waals surface area (Å²) in [5, 5.41) is 0. The van der Waals surface area contributed by atoms with Gasteiger partial charge in [0.2, 0.25) is 0 Å². The van der Waals surface area contributed by atoms with Gasteiger partial charge in [0, 0.05) is 19.3 Å². The molecule has 80 heavy (non-hydrogen) atoms. The monoisotopic (exact) mass is 1100 g/mol. The first kappa shape index (κ1) is 75.0. The van der Waals surface area contributed by atoms with E-state index in [1.54, 1.807) is 0 Å². The van der Waals surface area contributed by atoms with E-state index >= 15 is 0 Å². The van der Waals surface area contributed by atoms with Crippen LogP contribution in [-0.2, 0) is 28.6 Å². The topological polar surface area (TPSA) is 78.9 Å². The van der Waals surface area contributed by atoms with Crippen LogP contribution in [0.25, 0.3) is 0 Å². The zero-order valence-corrected chi connectivity index (χ0v) is 51.5. The second kappa shape index (κ2) is 66.5. The standard InChI is InChI=1S/C74H118O6/c1-4-7-10-13-16-19-22-25-28-31-33-34-35-36-37-38-39-40-42-43-46-49-52-55-58-61-64-67-73(76)79-70-71(69-78-72(75)66-63-60-57-54-51-48-45-30-27-24-21-18-15-12-9-6-3)80-74(77)68-65-62-59-56-53-50-47-44-41-32-29-26-23-20-17-14-11-8-5-2/h7-8,10-11,16-17,19-20,25-26,28-29,33-34,36-37,39-41,43-44,46,50,53,59,62,71H,4-6,9,12-15,18,21-24,27,30-32,35,38,42,45,47-49,51-52,54-58,60-61,63-70H2,1-3H3/b10-7-,11-8-,19-16-,20-17-,28-25-,29-26-,34-33-,37-36-,40-39-,44-41-,46-43-,53-50-,62-59-. The molecule has 0 N–H and O–H groups in total. The predicted molar refractivity (Wildman–Crippen MR) is 348 cm³/mol. The Morgan fingerprint density at radius 2 is 0.512 bits per heavy atom. The van der Waals surface area contributed by atoms with Crippen molar-refractivity contribution in [3.8, 4) is 0 Å². The maximum Gasteiger partial charge on any atom is 0.306 e. The third-order valence-electron chi connectivity index (χ3n) is 13.3. The summed E-state index contributed by atoms with van der Waals surface area (Å²) in [6.07, 6.45) is 96.8. The van der Waals surface area contributed by atoms with E-state index in [4.69, 9.17) is 14.2 Å². The van der Waals surface area contributed by atoms with Crippen molar-refractivity contribution >= 4 is 17.9 Å². The minimum atomic E-state index is -0.834. The lowest BCUT2D eigenvalue weighted by atomic mass is 10.0. The first-order valence-corrected chi connectivity index (χ1v) is 32.5. The zero-order chi connectivity index (χ0) is 57.8. The Morgan fingerprint density at radius 3 is 0.812 bits per heavy atom. The van der Waals surface area contributed by atoms with Crippen LogP contribution in [0.15, 0.2) is 158 Å². The van der Waals surface area contributed by atoms with Gasteiger partial charge in [-0.25, -0.2) is 0 Å². The quantitative estimate of drug-likeness (QED) is 0.0261. The summed E-state index contributed by atoms with van der Waals surface area (Å²) in [6, 6.07) is 0. The number of unbranched alkanes of at least 4 members (excludes halogenated alkanes) is 20. The lowest BCUT2D eigenvalue weighted by Crippen LogP contribution is -2.30. The van der Waals surface area contributed by atoms with E-state index in [1.165, 1.54) is 83.5 Å². The zero-order valence-electron chi connectivity index (χ0n) is 51.5. The van der Waals surface area contributed by atoms with E-state index in [-0.39, 0.29) is 31.6 Å². The van der Waals surface area contributed by atoms with Gasteiger partial charge in [0.25, 0.3) is 0 Å². The number of allylic oxidation sites excluding steroid dienone is 26. The van der Waals surface area contributed by atoms with Gasteiger partial charge in [-0.05, 0) is 116 Å². The van der Waals surface area contributed by atoms with Crippen LogP contribution >= 0.6 is 0 Å². The minimum Gasteiger partial charge on any atom is -0.462 e. The van der Waals surface area contributed by atoms with Gasteiger partial charge in [0.15, 0.2) is 6.10 Å². The number of hydrogen-bond acceptors (Lipinski definition) is 6. The highest BCUT2D eigenvalue weighted by atomic mass is 16.6. The maximum atomic E-state index is 12.9. The molecule has 0 aliphatic carbocycles. The summed E-state index contributed by atoms with van der Waals surface area (Å²) in [6.45, 7) is 6.34. The predicted octanol–water partition coefficient (Wildman–Crippen LogP) is 22.5. The first-order chi connectivity index (χ1) is 39.5. The summed E-state index contributed by atoms with van der Waals surface area (Å²) < 4.78 is 16.8. The van der Waals surface area contributed by atoms with Crippen LogP contribution in [0.5, 0.6) is 0 Å². The van der Waals surface area contributed by atoms with Gasteiger partial charge in [-0.3, -0.25) is 14.4 Å². The molecular weight excluding hydrogens is 985 g/mol. The van der Waals surface area contributed by atoms with E-state index in [0.29, 0.717) is 19.3 Å². The largest absolute Gasteiger partial charge is 0.462 e. The Balaban J connectivity index is 4.52. The second-order valence-corrected chi connectivity index (χ2v) is 20.9. The number of carbonyl (C=O) groups excluding carboxylic acids is 3. The molecule has 450 valence electrons. The van der Waals surface area contributed by atoms with E-state index in [2.05, 4.69) is 173 Å². The Morgan fingerprint density at radius 1 is 0.263 bits per heavy atom. The Labute approximate surface area is 492 Å². The number of hydrogen-bond donors (Lipinski definition) is 0. The van der Waals surface area contributed by atoms with Gasteiger partial charge >= 0.3 is 17.9 Å². The molecule has 0 aliphatic heterocycles. The molecule has 0 rings (SSSR count). The highest BCUT2D eigenvalue weighted by Gasteiger charge is 2.19. The van der Waals surface area contributed by atoms with Crippen molar-refractivity contribution in [1.82, 2.24) is 0 Å². The summed E-state index contributed by atoms with van der Waals surface area (Å²) >= 11 is 0. The van der Waals surface area contributed by atoms with Crippen molar-refractivity contribution in [3.63, 3.8) is 0 Å². The number of rotatable bonds is 57. The molecule has 0 radical (unpaired) electrons. The number of esters is 3. The number of ether oxygens (including phenoxy) is 3. The van der Waals surface area contributed by atoms with Crippen LogP contribution in [0, 0.1) is 0 Å². The lowest BCUT2D eigenvalue weighted by Gasteiger charge is -2.18. The molecule has 0 aromatic heterocycles. The lowest BCUT2D eigenvalue weighted by molar-refractivity contribution is -0.166. The molecule has 0 saturated carbocycles. The average Bonchev–Trinajstić information content (AvgIpc) is 3.46. The van der Waals surface area contributed by atoms with Crippen LogP contribution in [0.3, 0.4) is 0 Å². The second-order valence-electron chi connectivity index (χ2n) is 20.9. The van der Waals surface area contributed by atoms with Gasteiger partial charge in [-0.15, -0.1) is 0 Å². The minimum absolute atomic E-state index is 0.119. The Hall–Kier alpha value is -4.97. The molecule has 0 amide bonds. The van der Waals surface area contributed by atoms with Crippen LogP contribution < -0.4 is 0 Å². The molecule has 0 fully saturated rings. The summed E-state index contributed by atoms with van der Waals surface area (Å²) in [7, 11) is 0. The highest BCUT2D eigenvalue weighted by Crippen LogP contribution is 2.15. The molecule has 0 heterocycles. The molecule has 0 aromatic carbocycles. The van der Waals surface area contributed by atoms with Gasteiger partial charge < -0.3 is 14.2 Å². The first-order valence-electron chi connectivity index (χ1n) is 32.5. The van der Waals surface area contributed by atoms with Gasteiger partial charge in [-0.2, -0.15) is 0 Å². The fourth-order valence-electron chi connectivity index (χ4n) is 8.51. The fourth-order valence-corrected chi connectivity index (χ4v) is 8.51. The average molecular weight is 1100 g/mol. The summed E-state index contributed by atoms with van der Waals surface area (Å²) in [5.41, 5.74) is 0. The smallest absolute Gasteiger partial charge is 0.306 e. The van der Waals surface area contributed by atoms with Crippen molar-refractivity contribution in [2.45, 2.75) is 277 Å². The van der Waals surface area contributed by atoms with Crippen LogP contribution in [0.2, 0.25) is 0 Å². The van der Waals surface area contributed by atoms with Crippen LogP contribution in [0.4, 0.5) is 0 Å². The molecule has 1 atom stereocenters. The van der Waals surface area contributed by atoms with Gasteiger partial charge in [0.1, 0.15) is 13.2 Å². The SMILES string of the molecule is CC/C=C\C/C=C\C/C=C\C/C=C\C/C=C\C/C=C\C/C=C\CCCCCCCC(=O)OCC(COC(=O)CCCCCCCCCCCCCCCCCC)OC(=O)CC/C=C\C/C=C\C/C=C\C/C=C\C/C=C\C/C=C\CC. The van der Waals surface area contributed by atoms with Crippen molar-refractivity contribution in [2.75, 3.05) is 13.2 Å². The molecular formula is C74H118O6. The molecule has 6 heteroatoms. The van der Waals surface area contributed by atoms with E-state index in [9.17, 15) is 14.4 Å². The Bertz CT molecular complexity index is 1790. The summed E-state index contributed by atoms with van der Waals surface area (Å²) in [4.78, 5) is 38.3. The fraction of sp³-hybridized carbons (Fsp3) is 0.608. The Kier molecular flexibility index (Phi) is 62.4. The molecule has 0 aliphatic rings. The van der Waals surface area contributed by atoms with Crippen LogP contribution in [0.1, 0.15) is 271 Å². The molecule has 0 bridgehead atoms. The normalized spacial score (nSPS) is 13.2. The van der Waals surface area contributed by atoms with E-state index < -0.39 is 12.1 Å². The van der Waals surface area contributed by atoms with Crippen molar-refractivity contribution in [1.29, 1.82) is 0 Å². The van der Waals surface area contributed by atoms with Crippen molar-refractivity contribution in [3.05, 3.63) is 158 Å². The van der Waals surface area contributed by atoms with Crippen LogP contribution in [-0.4, -0.2) is 37.2 Å². The van der Waals surface area contributed by atoms with Crippen molar-refractivity contribution < 1.29 is 28.6 Å². The molecule has 0 saturated heterocycles. The van der Waals surface area contributed by atoms with E-state index in [1.807, 2.05) is 6.08 Å². The highest BCUT2D eigenvalue weighted by molar-refractivity contribution is 5.71. The number of carbonyl (C=O) groups is 3. The third-order valence-corrected chi connectivity index (χ3v) is 13.3. The van der Waals surface area contributed by atoms with Crippen molar-refractivity contribution in [2.24, 2.45) is 0 Å². The van der Waals surface area contributed by atoms with E-state index in [0.717, 1.165) is 141 Å². The molecule has 0 aromatic rings. The molecule has 0 spiro atoms. The molecule has 1 unspecified atom stereocenters. The maximum absolute atomic E-state index is 12.9. The van der Waals surface area contributed by atoms with Gasteiger partial charge in [-0.1, -0.05) is 294 Å². The third kappa shape index (κ3) is 63.9.